The lowest BCUT2D eigenvalue weighted by molar-refractivity contribution is 0.201. The van der Waals surface area contributed by atoms with Crippen molar-refractivity contribution in [3.05, 3.63) is 24.3 Å². The van der Waals surface area contributed by atoms with Gasteiger partial charge in [0.05, 0.1) is 0 Å². The van der Waals surface area contributed by atoms with E-state index < -0.39 is 0 Å². The summed E-state index contributed by atoms with van der Waals surface area (Å²) in [5.41, 5.74) is 3.06. The molecule has 0 aromatic heterocycles. The number of allylic oxidation sites excluding steroid dienone is 2. The molecule has 0 aliphatic carbocycles. The van der Waals surface area contributed by atoms with Crippen LogP contribution in [-0.4, -0.2) is 56.0 Å². The summed E-state index contributed by atoms with van der Waals surface area (Å²) in [6, 6.07) is 0. The molecule has 2 N–H and O–H groups in total. The average Bonchev–Trinajstić information content (AvgIpc) is 3.21. The second kappa shape index (κ2) is 39.8. The van der Waals surface area contributed by atoms with Crippen molar-refractivity contribution in [3.63, 3.8) is 0 Å². The largest absolute Gasteiger partial charge is 0.356 e. The lowest BCUT2D eigenvalue weighted by Gasteiger charge is -2.32. The van der Waals surface area contributed by atoms with Gasteiger partial charge in [-0.25, -0.2) is 0 Å². The van der Waals surface area contributed by atoms with Crippen LogP contribution in [0.15, 0.2) is 24.3 Å². The van der Waals surface area contributed by atoms with Crippen LogP contribution in [-0.2, 0) is 0 Å². The summed E-state index contributed by atoms with van der Waals surface area (Å²) in [5.74, 6) is 3.28. The van der Waals surface area contributed by atoms with Gasteiger partial charge in [0, 0.05) is 20.6 Å². The van der Waals surface area contributed by atoms with Crippen molar-refractivity contribution in [1.29, 1.82) is 5.41 Å². The molecule has 3 atom stereocenters. The maximum absolute atomic E-state index is 8.07. The van der Waals surface area contributed by atoms with Crippen LogP contribution < -0.4 is 5.32 Å². The topological polar surface area (TPSA) is 42.4 Å². The summed E-state index contributed by atoms with van der Waals surface area (Å²) in [5, 5.41) is 11.4. The molecular formula is C54H106N4. The van der Waals surface area contributed by atoms with E-state index in [1.165, 1.54) is 250 Å². The average molecular weight is 811 g/mol. The molecular weight excluding hydrogens is 705 g/mol. The Kier molecular flexibility index (Phi) is 37.6. The maximum Gasteiger partial charge on any atom is 0.190 e. The third-order valence-electron chi connectivity index (χ3n) is 13.8. The zero-order valence-corrected chi connectivity index (χ0v) is 40.5. The molecule has 4 heteroatoms. The fourth-order valence-electron chi connectivity index (χ4n) is 9.77. The third kappa shape index (κ3) is 32.5. The molecule has 0 spiro atoms. The predicted molar refractivity (Wildman–Crippen MR) is 262 cm³/mol. The Morgan fingerprint density at radius 3 is 1.64 bits per heavy atom. The Bertz CT molecular complexity index is 941. The monoisotopic (exact) mass is 811 g/mol. The molecule has 0 bridgehead atoms. The van der Waals surface area contributed by atoms with Crippen molar-refractivity contribution in [2.75, 3.05) is 40.3 Å². The number of unbranched alkanes of at least 4 members (excludes halogenated alkanes) is 10. The maximum atomic E-state index is 8.07. The van der Waals surface area contributed by atoms with Gasteiger partial charge in [-0.15, -0.1) is 0 Å². The first-order chi connectivity index (χ1) is 28.3. The van der Waals surface area contributed by atoms with Crippen LogP contribution in [0.4, 0.5) is 0 Å². The van der Waals surface area contributed by atoms with Crippen molar-refractivity contribution in [1.82, 2.24) is 15.1 Å². The zero-order valence-electron chi connectivity index (χ0n) is 40.5. The van der Waals surface area contributed by atoms with Crippen molar-refractivity contribution in [2.45, 2.75) is 258 Å². The number of hydrogen-bond acceptors (Lipinski definition) is 2. The van der Waals surface area contributed by atoms with E-state index in [9.17, 15) is 0 Å². The molecule has 0 aromatic rings. The summed E-state index contributed by atoms with van der Waals surface area (Å²) in [7, 11) is 3.88. The van der Waals surface area contributed by atoms with E-state index in [2.05, 4.69) is 44.1 Å². The molecule has 0 aromatic carbocycles. The van der Waals surface area contributed by atoms with Crippen LogP contribution in [0.2, 0.25) is 0 Å². The fourth-order valence-corrected chi connectivity index (χ4v) is 9.77. The standard InChI is InChI=1S/C54H106N4/c1-8-11-14-16-21-29-38-51-43-42-50(5)37-27-20-18-23-33-46-58(47-34-44-56-54(55)57(6)7)45-32-22-17-19-26-35-49(4)36-28-24-31-40-52(39-25-13-10-3)53(48-51)41-30-15-12-9-2/h51-53H,4-5,8-48H2,1-3,6-7H3,(H2,55,56). The highest BCUT2D eigenvalue weighted by Crippen LogP contribution is 2.37. The molecule has 58 heavy (non-hydrogen) atoms. The lowest BCUT2D eigenvalue weighted by Crippen LogP contribution is -2.37. The highest BCUT2D eigenvalue weighted by Gasteiger charge is 2.25. The number of nitrogens with zero attached hydrogens (tertiary/aromatic N) is 2. The van der Waals surface area contributed by atoms with Gasteiger partial charge in [0.15, 0.2) is 5.96 Å². The predicted octanol–water partition coefficient (Wildman–Crippen LogP) is 16.8. The minimum atomic E-state index is 0.521. The Balaban J connectivity index is 2.96. The Hall–Kier alpha value is -1.29. The van der Waals surface area contributed by atoms with E-state index >= 15 is 0 Å². The highest BCUT2D eigenvalue weighted by atomic mass is 15.2. The molecule has 1 heterocycles. The van der Waals surface area contributed by atoms with Crippen molar-refractivity contribution in [2.24, 2.45) is 17.8 Å². The summed E-state index contributed by atoms with van der Waals surface area (Å²) < 4.78 is 0. The SMILES string of the molecule is C=C1CCCCCCCN(CCCNC(=N)N(C)C)CCCCCCCC(=C)CCC(CCCCCCCC)CC(CCCCCC)C(CCCCC)CCCCC1. The molecule has 4 nitrogen and oxygen atoms in total. The number of nitrogens with one attached hydrogen (secondary N) is 2. The van der Waals surface area contributed by atoms with Crippen LogP contribution in [0.25, 0.3) is 0 Å². The van der Waals surface area contributed by atoms with Gasteiger partial charge in [-0.2, -0.15) is 0 Å². The van der Waals surface area contributed by atoms with Crippen LogP contribution in [0.3, 0.4) is 0 Å². The van der Waals surface area contributed by atoms with Gasteiger partial charge in [0.2, 0.25) is 0 Å². The first kappa shape index (κ1) is 54.7. The van der Waals surface area contributed by atoms with E-state index in [0.717, 1.165) is 37.3 Å². The summed E-state index contributed by atoms with van der Waals surface area (Å²) in [6.45, 7) is 20.8. The molecule has 1 aliphatic rings. The van der Waals surface area contributed by atoms with Gasteiger partial charge in [-0.3, -0.25) is 5.41 Å². The van der Waals surface area contributed by atoms with E-state index in [-0.39, 0.29) is 0 Å². The molecule has 342 valence electrons. The third-order valence-corrected chi connectivity index (χ3v) is 13.8. The number of rotatable bonds is 20. The van der Waals surface area contributed by atoms with Gasteiger partial charge in [-0.05, 0) is 114 Å². The molecule has 0 amide bonds. The quantitative estimate of drug-likeness (QED) is 0.0557. The first-order valence-corrected chi connectivity index (χ1v) is 26.4. The Morgan fingerprint density at radius 1 is 0.552 bits per heavy atom. The van der Waals surface area contributed by atoms with Crippen LogP contribution >= 0.6 is 0 Å². The lowest BCUT2D eigenvalue weighted by atomic mass is 9.74. The summed E-state index contributed by atoms with van der Waals surface area (Å²) in [6.07, 6.45) is 51.0. The van der Waals surface area contributed by atoms with E-state index in [1.54, 1.807) is 5.57 Å². The van der Waals surface area contributed by atoms with Gasteiger partial charge < -0.3 is 15.1 Å². The van der Waals surface area contributed by atoms with Gasteiger partial charge in [-0.1, -0.05) is 206 Å². The molecule has 3 unspecified atom stereocenters. The van der Waals surface area contributed by atoms with E-state index in [1.807, 2.05) is 19.0 Å². The minimum Gasteiger partial charge on any atom is -0.356 e. The minimum absolute atomic E-state index is 0.521. The second-order valence-corrected chi connectivity index (χ2v) is 19.6. The summed E-state index contributed by atoms with van der Waals surface area (Å²) in [4.78, 5) is 4.58. The van der Waals surface area contributed by atoms with E-state index in [0.29, 0.717) is 5.96 Å². The molecule has 1 fully saturated rings. The number of hydrogen-bond donors (Lipinski definition) is 2. The Morgan fingerprint density at radius 2 is 1.02 bits per heavy atom. The van der Waals surface area contributed by atoms with Crippen molar-refractivity contribution >= 4 is 5.96 Å². The highest BCUT2D eigenvalue weighted by molar-refractivity contribution is 5.75. The zero-order chi connectivity index (χ0) is 42.3. The molecule has 1 saturated heterocycles. The van der Waals surface area contributed by atoms with Gasteiger partial charge >= 0.3 is 0 Å². The Labute approximate surface area is 365 Å². The second-order valence-electron chi connectivity index (χ2n) is 19.6. The molecule has 0 radical (unpaired) electrons. The first-order valence-electron chi connectivity index (χ1n) is 26.4. The van der Waals surface area contributed by atoms with Crippen LogP contribution in [0.5, 0.6) is 0 Å². The molecule has 0 saturated carbocycles. The van der Waals surface area contributed by atoms with Crippen LogP contribution in [0.1, 0.15) is 258 Å². The van der Waals surface area contributed by atoms with Crippen molar-refractivity contribution < 1.29 is 0 Å². The van der Waals surface area contributed by atoms with Crippen molar-refractivity contribution in [3.8, 4) is 0 Å². The smallest absolute Gasteiger partial charge is 0.190 e. The summed E-state index contributed by atoms with van der Waals surface area (Å²) >= 11 is 0. The van der Waals surface area contributed by atoms with E-state index in [4.69, 9.17) is 5.41 Å². The molecule has 1 aliphatic heterocycles. The normalized spacial score (nSPS) is 21.9. The molecule has 1 rings (SSSR count). The van der Waals surface area contributed by atoms with Gasteiger partial charge in [0.25, 0.3) is 0 Å². The number of guanidine groups is 1. The van der Waals surface area contributed by atoms with Crippen LogP contribution in [0, 0.1) is 23.2 Å². The van der Waals surface area contributed by atoms with Gasteiger partial charge in [0.1, 0.15) is 0 Å². The fraction of sp³-hybridized carbons (Fsp3) is 0.907.